The van der Waals surface area contributed by atoms with Crippen LogP contribution in [0.4, 0.5) is 11.6 Å². The lowest BCUT2D eigenvalue weighted by Crippen LogP contribution is -2.49. The summed E-state index contributed by atoms with van der Waals surface area (Å²) in [6.45, 7) is 3.91. The fraction of sp³-hybridized carbons (Fsp3) is 0.476. The number of carbonyl (C=O) groups excluding carboxylic acids is 1. The van der Waals surface area contributed by atoms with Crippen molar-refractivity contribution in [1.82, 2.24) is 14.3 Å². The molecule has 0 N–H and O–H groups in total. The minimum atomic E-state index is -3.59. The quantitative estimate of drug-likeness (QED) is 0.738. The minimum absolute atomic E-state index is 0.0699. The molecule has 1 aromatic heterocycles. The molecular weight excluding hydrogens is 402 g/mol. The molecule has 30 heavy (non-hydrogen) atoms. The van der Waals surface area contributed by atoms with E-state index < -0.39 is 10.0 Å². The van der Waals surface area contributed by atoms with Crippen molar-refractivity contribution in [3.8, 4) is 0 Å². The number of aromatic nitrogens is 2. The van der Waals surface area contributed by atoms with Crippen LogP contribution in [-0.4, -0.2) is 60.8 Å². The zero-order chi connectivity index (χ0) is 20.9. The molecule has 1 amide bonds. The molecule has 2 aromatic rings. The van der Waals surface area contributed by atoms with E-state index in [1.165, 1.54) is 4.31 Å². The van der Waals surface area contributed by atoms with Gasteiger partial charge in [0, 0.05) is 56.2 Å². The molecule has 5 rings (SSSR count). The first kappa shape index (κ1) is 19.4. The van der Waals surface area contributed by atoms with E-state index in [9.17, 15) is 13.2 Å². The summed E-state index contributed by atoms with van der Waals surface area (Å²) in [5.41, 5.74) is 1.80. The fourth-order valence-corrected chi connectivity index (χ4v) is 5.84. The smallest absolute Gasteiger partial charge is 0.243 e. The summed E-state index contributed by atoms with van der Waals surface area (Å²) in [4.78, 5) is 25.3. The average molecular weight is 428 g/mol. The van der Waals surface area contributed by atoms with Gasteiger partial charge in [0.2, 0.25) is 21.9 Å². The lowest BCUT2D eigenvalue weighted by molar-refractivity contribution is -0.120. The van der Waals surface area contributed by atoms with Gasteiger partial charge in [0.05, 0.1) is 4.90 Å². The predicted molar refractivity (Wildman–Crippen MR) is 113 cm³/mol. The molecule has 1 aromatic carbocycles. The monoisotopic (exact) mass is 427 g/mol. The zero-order valence-corrected chi connectivity index (χ0v) is 17.8. The third-order valence-corrected chi connectivity index (χ3v) is 8.04. The number of nitrogens with zero attached hydrogens (tertiary/aromatic N) is 5. The van der Waals surface area contributed by atoms with Crippen LogP contribution in [0.25, 0.3) is 0 Å². The van der Waals surface area contributed by atoms with E-state index in [2.05, 4.69) is 9.97 Å². The molecule has 1 atom stereocenters. The van der Waals surface area contributed by atoms with E-state index in [0.29, 0.717) is 43.4 Å². The largest absolute Gasteiger partial charge is 0.338 e. The number of amides is 1. The number of fused-ring (bicyclic) bond motifs is 1. The number of rotatable bonds is 4. The molecular formula is C21H25N5O3S. The Labute approximate surface area is 176 Å². The third-order valence-electron chi connectivity index (χ3n) is 6.14. The van der Waals surface area contributed by atoms with Gasteiger partial charge in [0.15, 0.2) is 0 Å². The Hall–Kier alpha value is -2.52. The number of sulfonamides is 1. The van der Waals surface area contributed by atoms with Gasteiger partial charge in [0.25, 0.3) is 0 Å². The summed E-state index contributed by atoms with van der Waals surface area (Å²) in [6.07, 6.45) is 5.99. The number of anilines is 2. The van der Waals surface area contributed by atoms with Crippen LogP contribution in [-0.2, 0) is 21.2 Å². The lowest BCUT2D eigenvalue weighted by Gasteiger charge is -2.34. The summed E-state index contributed by atoms with van der Waals surface area (Å²) < 4.78 is 28.0. The molecule has 8 nitrogen and oxygen atoms in total. The number of hydrogen-bond acceptors (Lipinski definition) is 6. The highest BCUT2D eigenvalue weighted by Crippen LogP contribution is 2.39. The van der Waals surface area contributed by atoms with Crippen LogP contribution in [0.2, 0.25) is 0 Å². The van der Waals surface area contributed by atoms with Gasteiger partial charge >= 0.3 is 0 Å². The Morgan fingerprint density at radius 1 is 1.07 bits per heavy atom. The Kier molecular flexibility index (Phi) is 4.74. The molecule has 158 valence electrons. The first-order chi connectivity index (χ1) is 14.4. The van der Waals surface area contributed by atoms with E-state index in [-0.39, 0.29) is 17.9 Å². The van der Waals surface area contributed by atoms with Crippen molar-refractivity contribution in [3.63, 3.8) is 0 Å². The first-order valence-electron chi connectivity index (χ1n) is 10.4. The molecule has 3 aliphatic rings. The maximum Gasteiger partial charge on any atom is 0.243 e. The molecule has 1 saturated heterocycles. The number of hydrogen-bond donors (Lipinski definition) is 0. The van der Waals surface area contributed by atoms with Crippen molar-refractivity contribution < 1.29 is 13.2 Å². The van der Waals surface area contributed by atoms with Gasteiger partial charge in [-0.05, 0) is 56.0 Å². The van der Waals surface area contributed by atoms with E-state index in [4.69, 9.17) is 0 Å². The maximum absolute atomic E-state index is 13.2. The van der Waals surface area contributed by atoms with Crippen LogP contribution >= 0.6 is 0 Å². The van der Waals surface area contributed by atoms with E-state index in [1.54, 1.807) is 36.7 Å². The second kappa shape index (κ2) is 7.31. The van der Waals surface area contributed by atoms with Crippen molar-refractivity contribution in [2.75, 3.05) is 36.0 Å². The highest BCUT2D eigenvalue weighted by atomic mass is 32.2. The second-order valence-electron chi connectivity index (χ2n) is 8.27. The van der Waals surface area contributed by atoms with Gasteiger partial charge in [-0.15, -0.1) is 0 Å². The van der Waals surface area contributed by atoms with Crippen LogP contribution in [0.15, 0.2) is 41.6 Å². The number of piperazine rings is 1. The van der Waals surface area contributed by atoms with Gasteiger partial charge < -0.3 is 9.80 Å². The maximum atomic E-state index is 13.2. The van der Waals surface area contributed by atoms with Gasteiger partial charge in [-0.25, -0.2) is 18.4 Å². The van der Waals surface area contributed by atoms with Crippen molar-refractivity contribution in [2.45, 2.75) is 37.1 Å². The van der Waals surface area contributed by atoms with Crippen LogP contribution in [0.3, 0.4) is 0 Å². The molecule has 0 unspecified atom stereocenters. The fourth-order valence-electron chi connectivity index (χ4n) is 4.36. The Balaban J connectivity index is 1.33. The Morgan fingerprint density at radius 2 is 1.77 bits per heavy atom. The molecule has 3 heterocycles. The average Bonchev–Trinajstić information content (AvgIpc) is 3.56. The van der Waals surface area contributed by atoms with Gasteiger partial charge in [0.1, 0.15) is 0 Å². The zero-order valence-electron chi connectivity index (χ0n) is 16.9. The van der Waals surface area contributed by atoms with Gasteiger partial charge in [-0.3, -0.25) is 4.79 Å². The van der Waals surface area contributed by atoms with Crippen molar-refractivity contribution in [3.05, 3.63) is 42.2 Å². The predicted octanol–water partition coefficient (Wildman–Crippen LogP) is 1.68. The van der Waals surface area contributed by atoms with Crippen LogP contribution in [0, 0.1) is 5.92 Å². The topological polar surface area (TPSA) is 86.7 Å². The number of benzene rings is 1. The summed E-state index contributed by atoms with van der Waals surface area (Å²) in [5, 5.41) is 0. The van der Waals surface area contributed by atoms with Crippen molar-refractivity contribution >= 4 is 27.6 Å². The molecule has 1 saturated carbocycles. The van der Waals surface area contributed by atoms with Gasteiger partial charge in [-0.2, -0.15) is 4.31 Å². The molecule has 0 spiro atoms. The Bertz CT molecular complexity index is 1060. The van der Waals surface area contributed by atoms with Gasteiger partial charge in [-0.1, -0.05) is 0 Å². The molecule has 0 bridgehead atoms. The number of carbonyl (C=O) groups is 1. The molecule has 2 fully saturated rings. The van der Waals surface area contributed by atoms with E-state index in [0.717, 1.165) is 24.1 Å². The van der Waals surface area contributed by atoms with E-state index in [1.807, 2.05) is 16.7 Å². The van der Waals surface area contributed by atoms with E-state index >= 15 is 0 Å². The van der Waals surface area contributed by atoms with Crippen molar-refractivity contribution in [2.24, 2.45) is 5.92 Å². The summed E-state index contributed by atoms with van der Waals surface area (Å²) in [5.74, 6) is 0.948. The summed E-state index contributed by atoms with van der Waals surface area (Å²) >= 11 is 0. The van der Waals surface area contributed by atoms with Crippen LogP contribution in [0.1, 0.15) is 25.3 Å². The summed E-state index contributed by atoms with van der Waals surface area (Å²) in [6, 6.07) is 7.04. The first-order valence-corrected chi connectivity index (χ1v) is 11.9. The Morgan fingerprint density at radius 3 is 2.43 bits per heavy atom. The molecule has 1 aliphatic carbocycles. The molecule has 2 aliphatic heterocycles. The van der Waals surface area contributed by atoms with Crippen molar-refractivity contribution in [1.29, 1.82) is 0 Å². The summed E-state index contributed by atoms with van der Waals surface area (Å²) in [7, 11) is -3.59. The highest BCUT2D eigenvalue weighted by molar-refractivity contribution is 7.89. The standard InChI is InChI=1S/C21H25N5O3S/c1-15-13-17-14-18(5-6-19(17)26(15)20(27)16-3-4-16)30(28,29)25-11-9-24(10-12-25)21-22-7-2-8-23-21/h2,5-8,14-16H,3-4,9-13H2,1H3/t15-/m1/s1. The molecule has 9 heteroatoms. The minimum Gasteiger partial charge on any atom is -0.338 e. The third kappa shape index (κ3) is 3.35. The SMILES string of the molecule is C[C@@H]1Cc2cc(S(=O)(=O)N3CCN(c4ncccn4)CC3)ccc2N1C(=O)C1CC1. The van der Waals surface area contributed by atoms with Crippen LogP contribution in [0.5, 0.6) is 0 Å². The lowest BCUT2D eigenvalue weighted by atomic mass is 10.1. The normalized spacial score (nSPS) is 22.2. The highest BCUT2D eigenvalue weighted by Gasteiger charge is 2.40. The molecule has 0 radical (unpaired) electrons. The second-order valence-corrected chi connectivity index (χ2v) is 10.2. The van der Waals surface area contributed by atoms with Crippen LogP contribution < -0.4 is 9.80 Å².